The van der Waals surface area contributed by atoms with Gasteiger partial charge in [0.15, 0.2) is 0 Å². The maximum Gasteiger partial charge on any atom is 0.130 e. The van der Waals surface area contributed by atoms with Crippen LogP contribution >= 0.6 is 11.8 Å². The van der Waals surface area contributed by atoms with Gasteiger partial charge >= 0.3 is 0 Å². The fourth-order valence-corrected chi connectivity index (χ4v) is 3.16. The van der Waals surface area contributed by atoms with E-state index in [1.165, 1.54) is 12.1 Å². The molecule has 0 radical (unpaired) electrons. The van der Waals surface area contributed by atoms with E-state index in [-0.39, 0.29) is 0 Å². The topological polar surface area (TPSA) is 35.2 Å². The van der Waals surface area contributed by atoms with Crippen molar-refractivity contribution >= 4 is 11.8 Å². The predicted molar refractivity (Wildman–Crippen MR) is 69.6 cm³/mol. The highest BCUT2D eigenvalue weighted by Gasteiger charge is 2.18. The summed E-state index contributed by atoms with van der Waals surface area (Å²) in [6, 6.07) is 3.17. The number of hydrogen-bond acceptors (Lipinski definition) is 3. The van der Waals surface area contributed by atoms with Crippen LogP contribution in [0.1, 0.15) is 24.4 Å². The summed E-state index contributed by atoms with van der Waals surface area (Å²) in [4.78, 5) is 0. The van der Waals surface area contributed by atoms with E-state index in [0.29, 0.717) is 16.6 Å². The third-order valence-corrected chi connectivity index (χ3v) is 4.54. The second-order valence-electron chi connectivity index (χ2n) is 4.42. The average Bonchev–Trinajstić information content (AvgIpc) is 2.37. The molecule has 0 saturated carbocycles. The van der Waals surface area contributed by atoms with Gasteiger partial charge in [0.05, 0.1) is 0 Å². The molecule has 1 aliphatic heterocycles. The van der Waals surface area contributed by atoms with Crippen molar-refractivity contribution in [2.24, 2.45) is 5.73 Å². The number of rotatable bonds is 4. The van der Waals surface area contributed by atoms with Crippen LogP contribution in [-0.4, -0.2) is 24.2 Å². The van der Waals surface area contributed by atoms with Crippen molar-refractivity contribution in [2.75, 3.05) is 19.0 Å². The van der Waals surface area contributed by atoms with E-state index >= 15 is 0 Å². The van der Waals surface area contributed by atoms with E-state index < -0.39 is 17.7 Å². The summed E-state index contributed by atoms with van der Waals surface area (Å²) in [5.41, 5.74) is 6.33. The first-order valence-electron chi connectivity index (χ1n) is 6.06. The highest BCUT2D eigenvalue weighted by atomic mass is 32.2. The van der Waals surface area contributed by atoms with Gasteiger partial charge in [0.25, 0.3) is 0 Å². The van der Waals surface area contributed by atoms with Crippen molar-refractivity contribution < 1.29 is 13.5 Å². The van der Waals surface area contributed by atoms with Gasteiger partial charge in [0.2, 0.25) is 0 Å². The Morgan fingerprint density at radius 1 is 1.33 bits per heavy atom. The van der Waals surface area contributed by atoms with E-state index in [1.54, 1.807) is 11.8 Å². The molecule has 1 atom stereocenters. The molecule has 0 aromatic heterocycles. The van der Waals surface area contributed by atoms with Gasteiger partial charge < -0.3 is 10.5 Å². The van der Waals surface area contributed by atoms with Crippen LogP contribution in [0.4, 0.5) is 8.78 Å². The van der Waals surface area contributed by atoms with Crippen molar-refractivity contribution in [3.8, 4) is 0 Å². The minimum absolute atomic E-state index is 0.385. The Balaban J connectivity index is 1.88. The number of ether oxygens (including phenoxy) is 1. The Kier molecular flexibility index (Phi) is 4.97. The van der Waals surface area contributed by atoms with Crippen molar-refractivity contribution in [1.82, 2.24) is 0 Å². The molecule has 0 aliphatic carbocycles. The van der Waals surface area contributed by atoms with Crippen LogP contribution in [0.3, 0.4) is 0 Å². The van der Waals surface area contributed by atoms with Crippen LogP contribution in [0, 0.1) is 11.6 Å². The molecule has 18 heavy (non-hydrogen) atoms. The third kappa shape index (κ3) is 3.67. The Morgan fingerprint density at radius 3 is 2.72 bits per heavy atom. The molecule has 1 fully saturated rings. The number of nitrogens with two attached hydrogens (primary N) is 1. The molecule has 2 N–H and O–H groups in total. The summed E-state index contributed by atoms with van der Waals surface area (Å²) in [5, 5.41) is 0.535. The first-order valence-corrected chi connectivity index (χ1v) is 7.11. The highest BCUT2D eigenvalue weighted by molar-refractivity contribution is 7.99. The van der Waals surface area contributed by atoms with Crippen molar-refractivity contribution in [3.63, 3.8) is 0 Å². The van der Waals surface area contributed by atoms with Crippen LogP contribution in [0.15, 0.2) is 18.2 Å². The van der Waals surface area contributed by atoms with Crippen LogP contribution in [0.5, 0.6) is 0 Å². The largest absolute Gasteiger partial charge is 0.381 e. The zero-order valence-electron chi connectivity index (χ0n) is 10.1. The second kappa shape index (κ2) is 6.50. The van der Waals surface area contributed by atoms with Gasteiger partial charge in [0, 0.05) is 41.9 Å². The lowest BCUT2D eigenvalue weighted by atomic mass is 10.1. The van der Waals surface area contributed by atoms with Gasteiger partial charge in [-0.2, -0.15) is 11.8 Å². The molecule has 1 unspecified atom stereocenters. The molecule has 100 valence electrons. The van der Waals surface area contributed by atoms with E-state index in [4.69, 9.17) is 10.5 Å². The Hall–Kier alpha value is -0.650. The van der Waals surface area contributed by atoms with Gasteiger partial charge in [0.1, 0.15) is 11.6 Å². The Morgan fingerprint density at radius 2 is 2.06 bits per heavy atom. The van der Waals surface area contributed by atoms with Crippen LogP contribution in [0.25, 0.3) is 0 Å². The first-order chi connectivity index (χ1) is 8.66. The van der Waals surface area contributed by atoms with Crippen molar-refractivity contribution in [1.29, 1.82) is 0 Å². The van der Waals surface area contributed by atoms with E-state index in [0.717, 1.165) is 32.1 Å². The lowest BCUT2D eigenvalue weighted by Gasteiger charge is -2.23. The molecule has 1 aromatic carbocycles. The zero-order chi connectivity index (χ0) is 13.0. The van der Waals surface area contributed by atoms with E-state index in [9.17, 15) is 8.78 Å². The van der Waals surface area contributed by atoms with Crippen LogP contribution in [0.2, 0.25) is 0 Å². The minimum Gasteiger partial charge on any atom is -0.381 e. The Labute approximate surface area is 110 Å². The summed E-state index contributed by atoms with van der Waals surface area (Å²) in [5.74, 6) is -0.483. The molecule has 0 bridgehead atoms. The van der Waals surface area contributed by atoms with Gasteiger partial charge in [-0.25, -0.2) is 8.78 Å². The summed E-state index contributed by atoms with van der Waals surface area (Å²) >= 11 is 1.75. The molecule has 1 aromatic rings. The third-order valence-electron chi connectivity index (χ3n) is 3.04. The molecule has 0 spiro atoms. The van der Waals surface area contributed by atoms with Gasteiger partial charge in [-0.05, 0) is 18.9 Å². The lowest BCUT2D eigenvalue weighted by Crippen LogP contribution is -2.21. The van der Waals surface area contributed by atoms with Crippen molar-refractivity contribution in [3.05, 3.63) is 35.4 Å². The van der Waals surface area contributed by atoms with Crippen LogP contribution < -0.4 is 5.73 Å². The molecular formula is C13H17F2NOS. The van der Waals surface area contributed by atoms with Crippen LogP contribution in [-0.2, 0) is 4.74 Å². The molecule has 1 aliphatic rings. The van der Waals surface area contributed by atoms with Gasteiger partial charge in [-0.15, -0.1) is 0 Å². The van der Waals surface area contributed by atoms with Crippen molar-refractivity contribution in [2.45, 2.75) is 24.1 Å². The molecule has 2 nitrogen and oxygen atoms in total. The fourth-order valence-electron chi connectivity index (χ4n) is 1.97. The summed E-state index contributed by atoms with van der Waals surface area (Å²) < 4.78 is 31.6. The minimum atomic E-state index is -0.569. The fraction of sp³-hybridized carbons (Fsp3) is 0.538. The summed E-state index contributed by atoms with van der Waals surface area (Å²) in [6.45, 7) is 1.58. The molecule has 1 saturated heterocycles. The monoisotopic (exact) mass is 273 g/mol. The molecule has 1 heterocycles. The molecule has 0 amide bonds. The second-order valence-corrected chi connectivity index (χ2v) is 5.75. The summed E-state index contributed by atoms with van der Waals surface area (Å²) in [6.07, 6.45) is 2.03. The highest BCUT2D eigenvalue weighted by Crippen LogP contribution is 2.27. The van der Waals surface area contributed by atoms with Gasteiger partial charge in [-0.1, -0.05) is 6.07 Å². The number of hydrogen-bond donors (Lipinski definition) is 1. The Bertz CT molecular complexity index is 397. The van der Waals surface area contributed by atoms with E-state index in [2.05, 4.69) is 0 Å². The first kappa shape index (κ1) is 13.8. The standard InChI is InChI=1S/C13H17F2NOS/c14-9-1-2-11(12(15)7-9)13(16)8-18-10-3-5-17-6-4-10/h1-2,7,10,13H,3-6,8,16H2. The molecule has 2 rings (SSSR count). The SMILES string of the molecule is NC(CSC1CCOCC1)c1ccc(F)cc1F. The normalized spacial score (nSPS) is 18.8. The molecule has 5 heteroatoms. The predicted octanol–water partition coefficient (Wildman–Crippen LogP) is 2.88. The quantitative estimate of drug-likeness (QED) is 0.916. The maximum absolute atomic E-state index is 13.5. The van der Waals surface area contributed by atoms with E-state index in [1.807, 2.05) is 0 Å². The maximum atomic E-state index is 13.5. The average molecular weight is 273 g/mol. The lowest BCUT2D eigenvalue weighted by molar-refractivity contribution is 0.1000. The zero-order valence-corrected chi connectivity index (χ0v) is 10.9. The van der Waals surface area contributed by atoms with Gasteiger partial charge in [-0.3, -0.25) is 0 Å². The number of halogens is 2. The number of thioether (sulfide) groups is 1. The summed E-state index contributed by atoms with van der Waals surface area (Å²) in [7, 11) is 0. The smallest absolute Gasteiger partial charge is 0.130 e. The number of benzene rings is 1. The molecular weight excluding hydrogens is 256 g/mol.